The number of carboxylic acids is 2. The number of aliphatic carboxylic acids is 1. The summed E-state index contributed by atoms with van der Waals surface area (Å²) in [6, 6.07) is 5.98. The van der Waals surface area contributed by atoms with E-state index in [1.807, 2.05) is 0 Å². The Kier molecular flexibility index (Phi) is 23.8. The van der Waals surface area contributed by atoms with Crippen molar-refractivity contribution >= 4 is 145 Å². The summed E-state index contributed by atoms with van der Waals surface area (Å²) in [5.74, 6) is -1.52. The van der Waals surface area contributed by atoms with Crippen molar-refractivity contribution < 1.29 is 29.5 Å². The number of nitrogens with one attached hydrogen (secondary N) is 1. The van der Waals surface area contributed by atoms with E-state index in [2.05, 4.69) is 71.2 Å². The fourth-order valence-electron chi connectivity index (χ4n) is 3.43. The Morgan fingerprint density at radius 1 is 0.667 bits per heavy atom. The molecule has 0 aliphatic carbocycles. The molecule has 7 rings (SSSR count). The van der Waals surface area contributed by atoms with Gasteiger partial charge in [0.2, 0.25) is 9.23 Å². The summed E-state index contributed by atoms with van der Waals surface area (Å²) in [7, 11) is 7.36. The Hall–Kier alpha value is -4.94. The Bertz CT molecular complexity index is 2410. The van der Waals surface area contributed by atoms with Crippen molar-refractivity contribution in [2.75, 3.05) is 11.5 Å². The Morgan fingerprint density at radius 3 is 1.56 bits per heavy atom. The van der Waals surface area contributed by atoms with Gasteiger partial charge in [0.15, 0.2) is 0 Å². The van der Waals surface area contributed by atoms with Crippen LogP contribution in [0.4, 0.5) is 11.5 Å². The van der Waals surface area contributed by atoms with Crippen molar-refractivity contribution in [3.63, 3.8) is 0 Å². The van der Waals surface area contributed by atoms with Crippen LogP contribution in [0.5, 0.6) is 0 Å². The van der Waals surface area contributed by atoms with E-state index in [1.54, 1.807) is 24.5 Å². The van der Waals surface area contributed by atoms with Crippen molar-refractivity contribution in [3.8, 4) is 0 Å². The molecule has 0 atom stereocenters. The zero-order chi connectivity index (χ0) is 41.2. The van der Waals surface area contributed by atoms with Gasteiger partial charge in [0.25, 0.3) is 11.5 Å². The molecule has 0 unspecified atom stereocenters. The molecular formula is C29H26Cl7N13O7S. The summed E-state index contributed by atoms with van der Waals surface area (Å²) >= 11 is 28.2. The third kappa shape index (κ3) is 18.7. The van der Waals surface area contributed by atoms with E-state index >= 15 is 0 Å². The molecule has 7 aromatic heterocycles. The smallest absolute Gasteiger partial charge is 0.337 e. The van der Waals surface area contributed by atoms with Crippen LogP contribution in [0, 0.1) is 0 Å². The zero-order valence-electron chi connectivity index (χ0n) is 28.3. The number of nitrogens with zero attached hydrogens (tertiary/aromatic N) is 9. The van der Waals surface area contributed by atoms with Crippen LogP contribution in [-0.2, 0) is 14.0 Å². The molecule has 57 heavy (non-hydrogen) atoms. The average molecular weight is 949 g/mol. The summed E-state index contributed by atoms with van der Waals surface area (Å²) in [4.78, 5) is 67.6. The van der Waals surface area contributed by atoms with Gasteiger partial charge in [-0.3, -0.25) is 9.59 Å². The van der Waals surface area contributed by atoms with Crippen LogP contribution in [0.2, 0.25) is 25.8 Å². The minimum atomic E-state index is -1.67. The van der Waals surface area contributed by atoms with E-state index in [-0.39, 0.29) is 33.6 Å². The molecule has 0 aromatic carbocycles. The maximum absolute atomic E-state index is 11.1. The SMILES string of the molecule is CC(=O)O.Clc1cc2c(Cl)ncnc2cn1.N.Nc1cnc(Cl)cc1C(=O)O.Nc1ncnc2cnc(Cl)cc12.O.O=S(Cl)Cl.O=c1[nH]cnc2cnc(Cl)cc12. The zero-order valence-corrected chi connectivity index (χ0v) is 34.4. The fraction of sp³-hybridized carbons (Fsp3) is 0.0345. The number of nitrogens with two attached hydrogens (primary N) is 2. The van der Waals surface area contributed by atoms with Crippen molar-refractivity contribution in [2.24, 2.45) is 0 Å². The first-order valence-corrected chi connectivity index (χ1v) is 18.6. The van der Waals surface area contributed by atoms with E-state index in [1.165, 1.54) is 43.5 Å². The van der Waals surface area contributed by atoms with E-state index < -0.39 is 21.2 Å². The number of halogens is 7. The molecule has 7 heterocycles. The van der Waals surface area contributed by atoms with Gasteiger partial charge < -0.3 is 38.3 Å². The molecule has 20 nitrogen and oxygen atoms in total. The summed E-state index contributed by atoms with van der Waals surface area (Å²) in [5, 5.41) is 19.4. The van der Waals surface area contributed by atoms with Gasteiger partial charge in [-0.15, -0.1) is 0 Å². The second-order valence-corrected chi connectivity index (χ2v) is 13.8. The first kappa shape index (κ1) is 52.1. The van der Waals surface area contributed by atoms with Gasteiger partial charge in [-0.2, -0.15) is 0 Å². The van der Waals surface area contributed by atoms with Crippen molar-refractivity contribution in [3.05, 3.63) is 110 Å². The number of rotatable bonds is 1. The standard InChI is InChI=1S/C7H3Cl2N3.C7H5ClN4.C7H4ClN3O.C6H5ClN2O2.C2H4O2.Cl2OS.H3N.H2O/c2*8-6-1-4-5(2-10-6)11-3-12-7(4)9;8-6-1-4-5(2-9-6)10-3-11-7(4)12;7-5-1-3(6(10)11)4(8)2-9-5;1-2(3)4;1-4(2)3;;/h1-3H;1-3H,(H2,9,11,12);1-3H,(H,10,11,12);1-2H,8H2,(H,10,11);1H3,(H,3,4);;1H3;1H2. The molecule has 304 valence electrons. The molecule has 0 saturated carbocycles. The molecule has 28 heteroatoms. The Morgan fingerprint density at radius 2 is 1.07 bits per heavy atom. The summed E-state index contributed by atoms with van der Waals surface area (Å²) < 4.78 is 9.09. The fourth-order valence-corrected chi connectivity index (χ4v) is 4.25. The second kappa shape index (κ2) is 26.1. The third-order valence-electron chi connectivity index (χ3n) is 5.58. The highest BCUT2D eigenvalue weighted by Gasteiger charge is 2.08. The number of carbonyl (C=O) groups is 2. The number of hydrogen-bond donors (Lipinski definition) is 6. The summed E-state index contributed by atoms with van der Waals surface area (Å²) in [6.45, 7) is 1.08. The third-order valence-corrected chi connectivity index (χ3v) is 6.71. The normalized spacial score (nSPS) is 9.49. The van der Waals surface area contributed by atoms with E-state index in [4.69, 9.17) is 88.7 Å². The van der Waals surface area contributed by atoms with Gasteiger partial charge in [-0.05, 0) is 24.3 Å². The number of H-pyrrole nitrogens is 1. The number of aromatic carboxylic acids is 1. The van der Waals surface area contributed by atoms with Gasteiger partial charge >= 0.3 is 5.97 Å². The number of fused-ring (bicyclic) bond motifs is 3. The highest BCUT2D eigenvalue weighted by atomic mass is 36.0. The summed E-state index contributed by atoms with van der Waals surface area (Å²) in [5.41, 5.74) is 12.7. The molecule has 0 fully saturated rings. The minimum Gasteiger partial charge on any atom is -0.481 e. The predicted molar refractivity (Wildman–Crippen MR) is 222 cm³/mol. The van der Waals surface area contributed by atoms with E-state index in [0.717, 1.165) is 17.7 Å². The average Bonchev–Trinajstić information content (AvgIpc) is 3.11. The number of pyridine rings is 4. The molecule has 12 N–H and O–H groups in total. The molecule has 7 aromatic rings. The first-order valence-electron chi connectivity index (χ1n) is 13.9. The quantitative estimate of drug-likeness (QED) is 0.0619. The topological polar surface area (TPSA) is 359 Å². The lowest BCUT2D eigenvalue weighted by Gasteiger charge is -1.98. The van der Waals surface area contributed by atoms with Crippen LogP contribution in [0.1, 0.15) is 17.3 Å². The van der Waals surface area contributed by atoms with Crippen molar-refractivity contribution in [1.82, 2.24) is 56.0 Å². The van der Waals surface area contributed by atoms with Gasteiger partial charge in [-0.1, -0.05) is 58.0 Å². The summed E-state index contributed by atoms with van der Waals surface area (Å²) in [6.07, 6.45) is 9.92. The van der Waals surface area contributed by atoms with Gasteiger partial charge in [0.1, 0.15) is 44.2 Å². The van der Waals surface area contributed by atoms with Crippen LogP contribution in [0.3, 0.4) is 0 Å². The first-order chi connectivity index (χ1) is 25.9. The number of anilines is 2. The highest BCUT2D eigenvalue weighted by Crippen LogP contribution is 2.21. The molecule has 0 amide bonds. The number of hydrogen-bond acceptors (Lipinski definition) is 16. The number of aromatic amines is 1. The molecule has 0 bridgehead atoms. The predicted octanol–water partition coefficient (Wildman–Crippen LogP) is 6.05. The maximum Gasteiger partial charge on any atom is 0.337 e. The Balaban J connectivity index is 0.000000683. The number of carboxylic acid groups (broad SMARTS) is 2. The Labute approximate surface area is 356 Å². The molecule has 0 radical (unpaired) electrons. The van der Waals surface area contributed by atoms with Crippen LogP contribution in [0.15, 0.2) is 72.8 Å². The lowest BCUT2D eigenvalue weighted by Crippen LogP contribution is -2.06. The molecule has 0 spiro atoms. The molecular weight excluding hydrogens is 923 g/mol. The number of nitrogen functional groups attached to an aromatic ring is 2. The highest BCUT2D eigenvalue weighted by molar-refractivity contribution is 8.26. The van der Waals surface area contributed by atoms with Gasteiger partial charge in [0.05, 0.1) is 64.3 Å². The lowest BCUT2D eigenvalue weighted by atomic mass is 10.2. The molecule has 0 aliphatic rings. The molecule has 0 aliphatic heterocycles. The maximum atomic E-state index is 11.1. The van der Waals surface area contributed by atoms with Crippen LogP contribution in [-0.4, -0.2) is 81.7 Å². The lowest BCUT2D eigenvalue weighted by molar-refractivity contribution is -0.134. The van der Waals surface area contributed by atoms with Crippen LogP contribution in [0.25, 0.3) is 32.7 Å². The van der Waals surface area contributed by atoms with Crippen LogP contribution >= 0.6 is 79.4 Å². The van der Waals surface area contributed by atoms with Crippen molar-refractivity contribution in [1.29, 1.82) is 0 Å². The van der Waals surface area contributed by atoms with E-state index in [9.17, 15) is 9.59 Å². The van der Waals surface area contributed by atoms with Gasteiger partial charge in [-0.25, -0.2) is 53.9 Å². The van der Waals surface area contributed by atoms with Crippen LogP contribution < -0.4 is 23.2 Å². The minimum absolute atomic E-state index is 0. The monoisotopic (exact) mass is 945 g/mol. The second-order valence-electron chi connectivity index (χ2n) is 9.33. The molecule has 0 saturated heterocycles. The van der Waals surface area contributed by atoms with E-state index in [0.29, 0.717) is 48.4 Å². The van der Waals surface area contributed by atoms with Gasteiger partial charge in [0, 0.05) is 39.1 Å². The number of aromatic nitrogens is 10. The van der Waals surface area contributed by atoms with Crippen molar-refractivity contribution in [2.45, 2.75) is 6.92 Å². The largest absolute Gasteiger partial charge is 0.481 e.